The van der Waals surface area contributed by atoms with E-state index in [1.54, 1.807) is 0 Å². The normalized spacial score (nSPS) is 12.5. The number of nitrogens with zero attached hydrogens (tertiary/aromatic N) is 1. The van der Waals surface area contributed by atoms with Crippen LogP contribution in [0.4, 0.5) is 17.1 Å². The average Bonchev–Trinajstić information content (AvgIpc) is 3.31. The minimum absolute atomic E-state index is 1.14. The number of hydrogen-bond acceptors (Lipinski definition) is 1. The van der Waals surface area contributed by atoms with Crippen LogP contribution in [0.25, 0.3) is 22.9 Å². The average molecular weight is 438 g/mol. The molecule has 0 heterocycles. The monoisotopic (exact) mass is 437 g/mol. The topological polar surface area (TPSA) is 3.24 Å². The van der Waals surface area contributed by atoms with Crippen molar-refractivity contribution in [2.45, 2.75) is 19.8 Å². The summed E-state index contributed by atoms with van der Waals surface area (Å²) in [6, 6.07) is 39.5. The molecule has 164 valence electrons. The molecular weight excluding hydrogens is 410 g/mol. The number of aryl methyl sites for hydroxylation is 3. The molecular formula is C33H27N. The van der Waals surface area contributed by atoms with Crippen molar-refractivity contribution in [3.8, 4) is 0 Å². The molecule has 0 N–H and O–H groups in total. The zero-order valence-electron chi connectivity index (χ0n) is 19.4. The lowest BCUT2D eigenvalue weighted by Gasteiger charge is -2.27. The highest BCUT2D eigenvalue weighted by Gasteiger charge is 2.20. The standard InChI is InChI=1S/C33H27N/c1-24-10-12-25(13-11-24)14-15-26-16-21-30(22-17-26)34(29-7-3-2-4-8-29)32-23-20-28-19-18-27-6-5-9-31(32)33(27)28/h2-17,20-23H,18-19H2,1H3/b15-14+. The van der Waals surface area contributed by atoms with E-state index in [-0.39, 0.29) is 0 Å². The van der Waals surface area contributed by atoms with Crippen molar-refractivity contribution in [2.24, 2.45) is 0 Å². The van der Waals surface area contributed by atoms with E-state index in [4.69, 9.17) is 0 Å². The third-order valence-corrected chi connectivity index (χ3v) is 6.81. The van der Waals surface area contributed by atoms with Crippen molar-refractivity contribution >= 4 is 40.0 Å². The molecule has 0 amide bonds. The fourth-order valence-electron chi connectivity index (χ4n) is 5.04. The van der Waals surface area contributed by atoms with Crippen LogP contribution in [0.2, 0.25) is 0 Å². The van der Waals surface area contributed by atoms with Crippen LogP contribution in [-0.4, -0.2) is 0 Å². The summed E-state index contributed by atoms with van der Waals surface area (Å²) in [6.45, 7) is 2.12. The van der Waals surface area contributed by atoms with Crippen molar-refractivity contribution in [3.05, 3.63) is 137 Å². The maximum atomic E-state index is 2.38. The van der Waals surface area contributed by atoms with Gasteiger partial charge >= 0.3 is 0 Å². The van der Waals surface area contributed by atoms with Crippen molar-refractivity contribution in [1.29, 1.82) is 0 Å². The number of hydrogen-bond donors (Lipinski definition) is 0. The predicted octanol–water partition coefficient (Wildman–Crippen LogP) is 8.89. The van der Waals surface area contributed by atoms with E-state index >= 15 is 0 Å². The molecule has 1 aliphatic carbocycles. The van der Waals surface area contributed by atoms with E-state index in [1.807, 2.05) is 0 Å². The van der Waals surface area contributed by atoms with Crippen molar-refractivity contribution in [2.75, 3.05) is 4.90 Å². The summed E-state index contributed by atoms with van der Waals surface area (Å²) in [6.07, 6.45) is 6.64. The van der Waals surface area contributed by atoms with Gasteiger partial charge in [-0.15, -0.1) is 0 Å². The Morgan fingerprint density at radius 2 is 1.18 bits per heavy atom. The summed E-state index contributed by atoms with van der Waals surface area (Å²) >= 11 is 0. The van der Waals surface area contributed by atoms with E-state index in [2.05, 4.69) is 133 Å². The van der Waals surface area contributed by atoms with Gasteiger partial charge in [0.25, 0.3) is 0 Å². The molecule has 0 saturated heterocycles. The zero-order valence-corrected chi connectivity index (χ0v) is 19.4. The van der Waals surface area contributed by atoms with Crippen LogP contribution in [0.15, 0.2) is 109 Å². The summed E-state index contributed by atoms with van der Waals surface area (Å²) in [5.41, 5.74) is 10.2. The molecule has 0 bridgehead atoms. The molecule has 1 aliphatic rings. The van der Waals surface area contributed by atoms with E-state index < -0.39 is 0 Å². The predicted molar refractivity (Wildman–Crippen MR) is 146 cm³/mol. The van der Waals surface area contributed by atoms with Crippen molar-refractivity contribution in [1.82, 2.24) is 0 Å². The Kier molecular flexibility index (Phi) is 5.24. The molecule has 1 heteroatoms. The highest BCUT2D eigenvalue weighted by Crippen LogP contribution is 2.42. The number of rotatable bonds is 5. The molecule has 34 heavy (non-hydrogen) atoms. The second kappa shape index (κ2) is 8.68. The van der Waals surface area contributed by atoms with Crippen molar-refractivity contribution < 1.29 is 0 Å². The Bertz CT molecular complexity index is 1470. The van der Waals surface area contributed by atoms with Gasteiger partial charge in [-0.25, -0.2) is 0 Å². The third-order valence-electron chi connectivity index (χ3n) is 6.81. The highest BCUT2D eigenvalue weighted by molar-refractivity contribution is 6.03. The lowest BCUT2D eigenvalue weighted by atomic mass is 10.0. The van der Waals surface area contributed by atoms with Crippen molar-refractivity contribution in [3.63, 3.8) is 0 Å². The first-order valence-corrected chi connectivity index (χ1v) is 12.0. The highest BCUT2D eigenvalue weighted by atomic mass is 15.1. The smallest absolute Gasteiger partial charge is 0.0540 e. The molecule has 0 fully saturated rings. The summed E-state index contributed by atoms with van der Waals surface area (Å²) in [7, 11) is 0. The fourth-order valence-corrected chi connectivity index (χ4v) is 5.04. The van der Waals surface area contributed by atoms with Gasteiger partial charge in [0.15, 0.2) is 0 Å². The van der Waals surface area contributed by atoms with Crippen LogP contribution in [0.1, 0.15) is 27.8 Å². The van der Waals surface area contributed by atoms with Gasteiger partial charge in [-0.2, -0.15) is 0 Å². The minimum Gasteiger partial charge on any atom is -0.310 e. The van der Waals surface area contributed by atoms with E-state index in [1.165, 1.54) is 50.0 Å². The summed E-state index contributed by atoms with van der Waals surface area (Å²) < 4.78 is 0. The molecule has 0 aromatic heterocycles. The van der Waals surface area contributed by atoms with Gasteiger partial charge in [-0.1, -0.05) is 96.6 Å². The van der Waals surface area contributed by atoms with Gasteiger partial charge in [-0.3, -0.25) is 0 Å². The molecule has 0 unspecified atom stereocenters. The van der Waals surface area contributed by atoms with Gasteiger partial charge in [0.2, 0.25) is 0 Å². The zero-order chi connectivity index (χ0) is 22.9. The summed E-state index contributed by atoms with van der Waals surface area (Å²) in [5.74, 6) is 0. The van der Waals surface area contributed by atoms with Crippen LogP contribution in [0.5, 0.6) is 0 Å². The van der Waals surface area contributed by atoms with Gasteiger partial charge in [0.05, 0.1) is 5.69 Å². The maximum Gasteiger partial charge on any atom is 0.0540 e. The fraction of sp³-hybridized carbons (Fsp3) is 0.0909. The second-order valence-corrected chi connectivity index (χ2v) is 9.09. The van der Waals surface area contributed by atoms with Crippen LogP contribution in [0.3, 0.4) is 0 Å². The molecule has 0 radical (unpaired) electrons. The largest absolute Gasteiger partial charge is 0.310 e. The van der Waals surface area contributed by atoms with Crippen LogP contribution in [0, 0.1) is 6.92 Å². The third kappa shape index (κ3) is 3.80. The molecule has 6 rings (SSSR count). The minimum atomic E-state index is 1.14. The molecule has 0 atom stereocenters. The Balaban J connectivity index is 1.41. The first-order valence-electron chi connectivity index (χ1n) is 12.0. The van der Waals surface area contributed by atoms with Crippen LogP contribution in [-0.2, 0) is 12.8 Å². The SMILES string of the molecule is Cc1ccc(/C=C/c2ccc(N(c3ccccc3)c3ccc4c5c(cccc35)CC4)cc2)cc1. The number of benzene rings is 5. The summed E-state index contributed by atoms with van der Waals surface area (Å²) in [4.78, 5) is 2.38. The van der Waals surface area contributed by atoms with Crippen LogP contribution >= 0.6 is 0 Å². The maximum absolute atomic E-state index is 2.38. The van der Waals surface area contributed by atoms with Gasteiger partial charge in [0.1, 0.15) is 0 Å². The van der Waals surface area contributed by atoms with E-state index in [0.717, 1.165) is 18.5 Å². The first-order chi connectivity index (χ1) is 16.8. The Morgan fingerprint density at radius 3 is 1.88 bits per heavy atom. The molecule has 5 aromatic rings. The number of anilines is 3. The molecule has 0 saturated carbocycles. The molecule has 1 nitrogen and oxygen atoms in total. The first kappa shape index (κ1) is 20.5. The quantitative estimate of drug-likeness (QED) is 0.248. The Hall–Kier alpha value is -4.10. The molecule has 0 aliphatic heterocycles. The lowest BCUT2D eigenvalue weighted by molar-refractivity contribution is 1.02. The van der Waals surface area contributed by atoms with Gasteiger partial charge < -0.3 is 4.90 Å². The second-order valence-electron chi connectivity index (χ2n) is 9.09. The Morgan fingerprint density at radius 1 is 0.559 bits per heavy atom. The summed E-state index contributed by atoms with van der Waals surface area (Å²) in [5, 5.41) is 2.78. The Labute approximate surface area is 201 Å². The molecule has 5 aromatic carbocycles. The molecule has 0 spiro atoms. The van der Waals surface area contributed by atoms with E-state index in [0.29, 0.717) is 0 Å². The van der Waals surface area contributed by atoms with Gasteiger partial charge in [0, 0.05) is 16.8 Å². The number of para-hydroxylation sites is 1. The van der Waals surface area contributed by atoms with Crippen LogP contribution < -0.4 is 4.90 Å². The van der Waals surface area contributed by atoms with E-state index in [9.17, 15) is 0 Å². The van der Waals surface area contributed by atoms with Gasteiger partial charge in [-0.05, 0) is 77.7 Å². The lowest BCUT2D eigenvalue weighted by Crippen LogP contribution is -2.10.